The average molecular weight is 265 g/mol. The maximum Gasteiger partial charge on any atom is 0.227 e. The predicted octanol–water partition coefficient (Wildman–Crippen LogP) is 1.04. The highest BCUT2D eigenvalue weighted by atomic mass is 16.5. The third kappa shape index (κ3) is 4.96. The van der Waals surface area contributed by atoms with Crippen LogP contribution in [0.1, 0.15) is 19.0 Å². The van der Waals surface area contributed by atoms with E-state index in [-0.39, 0.29) is 11.8 Å². The molecule has 1 unspecified atom stereocenters. The van der Waals surface area contributed by atoms with Crippen molar-refractivity contribution in [2.75, 3.05) is 26.8 Å². The molecule has 0 saturated carbocycles. The molecule has 1 aromatic rings. The number of hydrogen-bond acceptors (Lipinski definition) is 4. The zero-order valence-corrected chi connectivity index (χ0v) is 11.7. The molecule has 1 heterocycles. The van der Waals surface area contributed by atoms with E-state index in [4.69, 9.17) is 10.5 Å². The largest absolute Gasteiger partial charge is 0.383 e. The Labute approximate surface area is 114 Å². The fourth-order valence-electron chi connectivity index (χ4n) is 1.86. The minimum atomic E-state index is -0.124. The molecule has 0 aromatic carbocycles. The number of carbonyl (C=O) groups is 1. The van der Waals surface area contributed by atoms with Crippen LogP contribution in [0.15, 0.2) is 24.4 Å². The zero-order valence-electron chi connectivity index (χ0n) is 11.7. The van der Waals surface area contributed by atoms with Crippen LogP contribution in [0.5, 0.6) is 0 Å². The van der Waals surface area contributed by atoms with E-state index >= 15 is 0 Å². The topological polar surface area (TPSA) is 68.5 Å². The summed E-state index contributed by atoms with van der Waals surface area (Å²) >= 11 is 0. The van der Waals surface area contributed by atoms with Crippen molar-refractivity contribution in [2.45, 2.75) is 19.9 Å². The lowest BCUT2D eigenvalue weighted by atomic mass is 10.1. The summed E-state index contributed by atoms with van der Waals surface area (Å²) in [6.07, 6.45) is 2.48. The Morgan fingerprint density at radius 3 is 2.84 bits per heavy atom. The Bertz CT molecular complexity index is 366. The maximum atomic E-state index is 12.4. The van der Waals surface area contributed by atoms with Gasteiger partial charge in [0.15, 0.2) is 0 Å². The van der Waals surface area contributed by atoms with Crippen LogP contribution in [0.3, 0.4) is 0 Å². The molecule has 1 aromatic heterocycles. The molecular formula is C14H23N3O2. The molecule has 0 aliphatic heterocycles. The molecule has 0 bridgehead atoms. The Kier molecular flexibility index (Phi) is 7.07. The summed E-state index contributed by atoms with van der Waals surface area (Å²) in [5, 5.41) is 0. The average Bonchev–Trinajstić information content (AvgIpc) is 2.45. The number of nitrogens with two attached hydrogens (primary N) is 1. The monoisotopic (exact) mass is 265 g/mol. The van der Waals surface area contributed by atoms with Crippen LogP contribution >= 0.6 is 0 Å². The molecule has 0 spiro atoms. The maximum absolute atomic E-state index is 12.4. The van der Waals surface area contributed by atoms with E-state index in [2.05, 4.69) is 4.98 Å². The number of pyridine rings is 1. The highest BCUT2D eigenvalue weighted by Gasteiger charge is 2.21. The van der Waals surface area contributed by atoms with Gasteiger partial charge in [-0.2, -0.15) is 0 Å². The number of ether oxygens (including phenoxy) is 1. The fourth-order valence-corrected chi connectivity index (χ4v) is 1.86. The van der Waals surface area contributed by atoms with Crippen LogP contribution in [-0.4, -0.2) is 42.6 Å². The van der Waals surface area contributed by atoms with Gasteiger partial charge in [-0.3, -0.25) is 9.78 Å². The van der Waals surface area contributed by atoms with Crippen LogP contribution in [0.4, 0.5) is 0 Å². The molecule has 0 aliphatic carbocycles. The zero-order chi connectivity index (χ0) is 14.1. The SMILES string of the molecule is CCC(CN)C(=O)N(CCOC)Cc1ccccn1. The highest BCUT2D eigenvalue weighted by Crippen LogP contribution is 2.09. The Balaban J connectivity index is 2.73. The number of aromatic nitrogens is 1. The lowest BCUT2D eigenvalue weighted by molar-refractivity contribution is -0.136. The molecule has 5 heteroatoms. The number of rotatable bonds is 8. The molecule has 0 aliphatic rings. The van der Waals surface area contributed by atoms with Crippen molar-refractivity contribution in [2.24, 2.45) is 11.7 Å². The van der Waals surface area contributed by atoms with Gasteiger partial charge in [-0.15, -0.1) is 0 Å². The van der Waals surface area contributed by atoms with E-state index in [9.17, 15) is 4.79 Å². The molecular weight excluding hydrogens is 242 g/mol. The highest BCUT2D eigenvalue weighted by molar-refractivity contribution is 5.79. The summed E-state index contributed by atoms with van der Waals surface area (Å²) in [6, 6.07) is 5.69. The second kappa shape index (κ2) is 8.61. The van der Waals surface area contributed by atoms with Gasteiger partial charge in [-0.05, 0) is 18.6 Å². The van der Waals surface area contributed by atoms with Crippen molar-refractivity contribution in [3.05, 3.63) is 30.1 Å². The quantitative estimate of drug-likeness (QED) is 0.762. The second-order valence-electron chi connectivity index (χ2n) is 4.41. The Hall–Kier alpha value is -1.46. The third-order valence-electron chi connectivity index (χ3n) is 3.08. The van der Waals surface area contributed by atoms with Gasteiger partial charge in [0, 0.05) is 26.4 Å². The van der Waals surface area contributed by atoms with Crippen LogP contribution in [0.25, 0.3) is 0 Å². The molecule has 1 amide bonds. The molecule has 19 heavy (non-hydrogen) atoms. The van der Waals surface area contributed by atoms with Crippen molar-refractivity contribution >= 4 is 5.91 Å². The van der Waals surface area contributed by atoms with E-state index in [1.807, 2.05) is 25.1 Å². The first-order valence-corrected chi connectivity index (χ1v) is 6.60. The lowest BCUT2D eigenvalue weighted by Gasteiger charge is -2.26. The first-order chi connectivity index (χ1) is 9.22. The normalized spacial score (nSPS) is 12.2. The van der Waals surface area contributed by atoms with E-state index in [0.29, 0.717) is 26.2 Å². The number of hydrogen-bond donors (Lipinski definition) is 1. The van der Waals surface area contributed by atoms with Crippen LogP contribution < -0.4 is 5.73 Å². The predicted molar refractivity (Wildman–Crippen MR) is 74.4 cm³/mol. The van der Waals surface area contributed by atoms with Gasteiger partial charge < -0.3 is 15.4 Å². The summed E-state index contributed by atoms with van der Waals surface area (Å²) < 4.78 is 5.06. The van der Waals surface area contributed by atoms with Crippen molar-refractivity contribution in [3.8, 4) is 0 Å². The molecule has 2 N–H and O–H groups in total. The van der Waals surface area contributed by atoms with Crippen molar-refractivity contribution < 1.29 is 9.53 Å². The van der Waals surface area contributed by atoms with Gasteiger partial charge in [0.25, 0.3) is 0 Å². The van der Waals surface area contributed by atoms with E-state index in [1.54, 1.807) is 18.2 Å². The first kappa shape index (κ1) is 15.6. The minimum absolute atomic E-state index is 0.0766. The van der Waals surface area contributed by atoms with Crippen LogP contribution in [0.2, 0.25) is 0 Å². The molecule has 0 radical (unpaired) electrons. The molecule has 1 rings (SSSR count). The van der Waals surface area contributed by atoms with Gasteiger partial charge in [0.2, 0.25) is 5.91 Å². The van der Waals surface area contributed by atoms with Crippen molar-refractivity contribution in [1.29, 1.82) is 0 Å². The van der Waals surface area contributed by atoms with Crippen molar-refractivity contribution in [3.63, 3.8) is 0 Å². The smallest absolute Gasteiger partial charge is 0.227 e. The second-order valence-corrected chi connectivity index (χ2v) is 4.41. The van der Waals surface area contributed by atoms with Gasteiger partial charge in [-0.1, -0.05) is 13.0 Å². The first-order valence-electron chi connectivity index (χ1n) is 6.60. The minimum Gasteiger partial charge on any atom is -0.383 e. The van der Waals surface area contributed by atoms with Gasteiger partial charge in [-0.25, -0.2) is 0 Å². The van der Waals surface area contributed by atoms with Crippen LogP contribution in [-0.2, 0) is 16.1 Å². The summed E-state index contributed by atoms with van der Waals surface area (Å²) in [6.45, 7) is 3.92. The summed E-state index contributed by atoms with van der Waals surface area (Å²) in [7, 11) is 1.63. The fraction of sp³-hybridized carbons (Fsp3) is 0.571. The standard InChI is InChI=1S/C14H23N3O2/c1-3-12(10-15)14(18)17(8-9-19-2)11-13-6-4-5-7-16-13/h4-7,12H,3,8-11,15H2,1-2H3. The van der Waals surface area contributed by atoms with E-state index < -0.39 is 0 Å². The molecule has 5 nitrogen and oxygen atoms in total. The van der Waals surface area contributed by atoms with Gasteiger partial charge >= 0.3 is 0 Å². The van der Waals surface area contributed by atoms with E-state index in [1.165, 1.54) is 0 Å². The third-order valence-corrected chi connectivity index (χ3v) is 3.08. The van der Waals surface area contributed by atoms with Gasteiger partial charge in [0.1, 0.15) is 0 Å². The molecule has 106 valence electrons. The summed E-state index contributed by atoms with van der Waals surface area (Å²) in [5.74, 6) is -0.0479. The number of nitrogens with zero attached hydrogens (tertiary/aromatic N) is 2. The molecule has 0 fully saturated rings. The number of amides is 1. The Morgan fingerprint density at radius 2 is 2.32 bits per heavy atom. The van der Waals surface area contributed by atoms with E-state index in [0.717, 1.165) is 12.1 Å². The molecule has 1 atom stereocenters. The van der Waals surface area contributed by atoms with Crippen molar-refractivity contribution in [1.82, 2.24) is 9.88 Å². The Morgan fingerprint density at radius 1 is 1.53 bits per heavy atom. The summed E-state index contributed by atoms with van der Waals surface area (Å²) in [4.78, 5) is 18.4. The number of carbonyl (C=O) groups excluding carboxylic acids is 1. The number of methoxy groups -OCH3 is 1. The summed E-state index contributed by atoms with van der Waals surface area (Å²) in [5.41, 5.74) is 6.52. The van der Waals surface area contributed by atoms with Crippen LogP contribution in [0, 0.1) is 5.92 Å². The lowest BCUT2D eigenvalue weighted by Crippen LogP contribution is -2.40. The van der Waals surface area contributed by atoms with Gasteiger partial charge in [0.05, 0.1) is 24.8 Å². The molecule has 0 saturated heterocycles.